The molecule has 1 saturated heterocycles. The van der Waals surface area contributed by atoms with Crippen LogP contribution in [0.1, 0.15) is 34.7 Å². The van der Waals surface area contributed by atoms with Gasteiger partial charge in [-0.15, -0.1) is 0 Å². The number of piperidine rings is 1. The lowest BCUT2D eigenvalue weighted by Gasteiger charge is -2.34. The van der Waals surface area contributed by atoms with Crippen molar-refractivity contribution < 1.29 is 9.21 Å². The normalized spacial score (nSPS) is 17.5. The second-order valence-corrected chi connectivity index (χ2v) is 8.08. The van der Waals surface area contributed by atoms with Gasteiger partial charge in [0, 0.05) is 43.8 Å². The van der Waals surface area contributed by atoms with Gasteiger partial charge in [0.2, 0.25) is 0 Å². The number of benzene rings is 1. The van der Waals surface area contributed by atoms with Crippen molar-refractivity contribution in [2.45, 2.75) is 26.2 Å². The fourth-order valence-corrected chi connectivity index (χ4v) is 3.93. The Morgan fingerprint density at radius 2 is 2.04 bits per heavy atom. The van der Waals surface area contributed by atoms with Crippen LogP contribution in [-0.4, -0.2) is 48.9 Å². The Kier molecular flexibility index (Phi) is 6.92. The molecule has 0 bridgehead atoms. The van der Waals surface area contributed by atoms with Gasteiger partial charge in [-0.05, 0) is 56.3 Å². The first-order chi connectivity index (χ1) is 13.4. The van der Waals surface area contributed by atoms with E-state index in [9.17, 15) is 9.59 Å². The van der Waals surface area contributed by atoms with Crippen LogP contribution in [0.25, 0.3) is 0 Å². The first-order valence-electron chi connectivity index (χ1n) is 9.75. The van der Waals surface area contributed by atoms with Crippen molar-refractivity contribution in [3.63, 3.8) is 0 Å². The van der Waals surface area contributed by atoms with Gasteiger partial charge >= 0.3 is 0 Å². The number of amides is 1. The number of aryl methyl sites for hydroxylation is 1. The molecule has 1 amide bonds. The predicted octanol–water partition coefficient (Wildman–Crippen LogP) is 3.63. The first-order valence-corrected chi connectivity index (χ1v) is 10.1. The fraction of sp³-hybridized carbons (Fsp3) is 0.455. The zero-order valence-electron chi connectivity index (χ0n) is 16.5. The molecule has 0 N–H and O–H groups in total. The van der Waals surface area contributed by atoms with Crippen LogP contribution in [0.5, 0.6) is 0 Å². The van der Waals surface area contributed by atoms with E-state index >= 15 is 0 Å². The molecule has 1 fully saturated rings. The molecule has 1 atom stereocenters. The van der Waals surface area contributed by atoms with E-state index in [0.717, 1.165) is 43.9 Å². The van der Waals surface area contributed by atoms with E-state index in [4.69, 9.17) is 16.0 Å². The third kappa shape index (κ3) is 5.69. The summed E-state index contributed by atoms with van der Waals surface area (Å²) in [5, 5.41) is 0.763. The maximum atomic E-state index is 12.6. The lowest BCUT2D eigenvalue weighted by atomic mass is 9.97. The van der Waals surface area contributed by atoms with Gasteiger partial charge in [0.1, 0.15) is 5.76 Å². The fourth-order valence-electron chi connectivity index (χ4n) is 3.81. The number of hydrogen-bond acceptors (Lipinski definition) is 4. The van der Waals surface area contributed by atoms with E-state index in [0.29, 0.717) is 18.2 Å². The lowest BCUT2D eigenvalue weighted by molar-refractivity contribution is 0.0695. The number of likely N-dealkylation sites (tertiary alicyclic amines) is 1. The highest BCUT2D eigenvalue weighted by molar-refractivity contribution is 6.30. The average molecular weight is 403 g/mol. The van der Waals surface area contributed by atoms with E-state index in [2.05, 4.69) is 17.0 Å². The smallest absolute Gasteiger partial charge is 0.289 e. The van der Waals surface area contributed by atoms with E-state index in [1.54, 1.807) is 18.9 Å². The van der Waals surface area contributed by atoms with Crippen molar-refractivity contribution in [1.82, 2.24) is 9.80 Å². The molecular formula is C22H27ClN2O3. The Bertz CT molecular complexity index is 863. The van der Waals surface area contributed by atoms with Crippen molar-refractivity contribution in [2.75, 3.05) is 33.2 Å². The van der Waals surface area contributed by atoms with Gasteiger partial charge in [0.05, 0.1) is 0 Å². The second kappa shape index (κ2) is 9.39. The Labute approximate surface area is 170 Å². The van der Waals surface area contributed by atoms with Gasteiger partial charge < -0.3 is 14.2 Å². The molecule has 1 unspecified atom stereocenters. The van der Waals surface area contributed by atoms with E-state index in [-0.39, 0.29) is 17.1 Å². The summed E-state index contributed by atoms with van der Waals surface area (Å²) in [5.41, 5.74) is 1.08. The average Bonchev–Trinajstić information content (AvgIpc) is 2.66. The van der Waals surface area contributed by atoms with Crippen molar-refractivity contribution >= 4 is 17.5 Å². The van der Waals surface area contributed by atoms with Gasteiger partial charge in [-0.1, -0.05) is 23.7 Å². The van der Waals surface area contributed by atoms with Crippen LogP contribution in [0, 0.1) is 12.8 Å². The molecule has 1 aliphatic heterocycles. The number of rotatable bonds is 6. The summed E-state index contributed by atoms with van der Waals surface area (Å²) in [5.74, 6) is 0.752. The number of hydrogen-bond donors (Lipinski definition) is 0. The van der Waals surface area contributed by atoms with Crippen LogP contribution < -0.4 is 5.43 Å². The van der Waals surface area contributed by atoms with Gasteiger partial charge in [0.25, 0.3) is 5.91 Å². The Hall–Kier alpha value is -2.11. The lowest BCUT2D eigenvalue weighted by Crippen LogP contribution is -2.42. The maximum Gasteiger partial charge on any atom is 0.289 e. The molecule has 0 radical (unpaired) electrons. The molecular weight excluding hydrogens is 376 g/mol. The predicted molar refractivity (Wildman–Crippen MR) is 111 cm³/mol. The van der Waals surface area contributed by atoms with Gasteiger partial charge in [0.15, 0.2) is 11.2 Å². The van der Waals surface area contributed by atoms with E-state index in [1.807, 2.05) is 12.1 Å². The molecule has 1 aromatic carbocycles. The highest BCUT2D eigenvalue weighted by atomic mass is 35.5. The topological polar surface area (TPSA) is 53.8 Å². The van der Waals surface area contributed by atoms with Crippen LogP contribution >= 0.6 is 11.6 Å². The molecule has 28 heavy (non-hydrogen) atoms. The van der Waals surface area contributed by atoms with Crippen molar-refractivity contribution in [1.29, 1.82) is 0 Å². The number of carbonyl (C=O) groups is 1. The molecule has 1 aliphatic rings. The number of halogens is 1. The number of nitrogens with zero attached hydrogens (tertiary/aromatic N) is 2. The van der Waals surface area contributed by atoms with Crippen molar-refractivity contribution in [3.05, 3.63) is 68.7 Å². The molecule has 5 nitrogen and oxygen atoms in total. The first kappa shape index (κ1) is 20.6. The van der Waals surface area contributed by atoms with E-state index < -0.39 is 0 Å². The second-order valence-electron chi connectivity index (χ2n) is 7.64. The zero-order chi connectivity index (χ0) is 20.1. The molecule has 150 valence electrons. The number of carbonyl (C=O) groups excluding carboxylic acids is 1. The summed E-state index contributed by atoms with van der Waals surface area (Å²) >= 11 is 5.95. The Morgan fingerprint density at radius 3 is 2.75 bits per heavy atom. The maximum absolute atomic E-state index is 12.6. The molecule has 0 aliphatic carbocycles. The highest BCUT2D eigenvalue weighted by Gasteiger charge is 2.24. The minimum Gasteiger partial charge on any atom is -0.456 e. The van der Waals surface area contributed by atoms with Gasteiger partial charge in [-0.2, -0.15) is 0 Å². The molecule has 1 aromatic heterocycles. The molecule has 3 rings (SSSR count). The summed E-state index contributed by atoms with van der Waals surface area (Å²) in [4.78, 5) is 28.4. The Balaban J connectivity index is 1.52. The zero-order valence-corrected chi connectivity index (χ0v) is 17.2. The summed E-state index contributed by atoms with van der Waals surface area (Å²) in [7, 11) is 1.78. The van der Waals surface area contributed by atoms with Crippen LogP contribution in [0.2, 0.25) is 5.02 Å². The highest BCUT2D eigenvalue weighted by Crippen LogP contribution is 2.19. The van der Waals surface area contributed by atoms with Crippen LogP contribution in [-0.2, 0) is 6.42 Å². The summed E-state index contributed by atoms with van der Waals surface area (Å²) < 4.78 is 5.44. The third-order valence-electron chi connectivity index (χ3n) is 5.21. The molecule has 2 heterocycles. The van der Waals surface area contributed by atoms with Gasteiger partial charge in [-0.25, -0.2) is 0 Å². The summed E-state index contributed by atoms with van der Waals surface area (Å²) in [6.45, 7) is 5.41. The molecule has 2 aromatic rings. The molecule has 6 heteroatoms. The minimum atomic E-state index is -0.237. The largest absolute Gasteiger partial charge is 0.456 e. The summed E-state index contributed by atoms with van der Waals surface area (Å²) in [6.07, 6.45) is 3.23. The third-order valence-corrected chi connectivity index (χ3v) is 5.46. The standard InChI is InChI=1S/C22H27ClN2O3/c1-16-12-20(26)13-21(28-16)22(27)24(2)14-18-4-3-10-25(15-18)11-9-17-5-7-19(23)8-6-17/h5-8,12-13,18H,3-4,9-11,14-15H2,1-2H3. The van der Waals surface area contributed by atoms with E-state index in [1.165, 1.54) is 17.7 Å². The van der Waals surface area contributed by atoms with Crippen LogP contribution in [0.4, 0.5) is 0 Å². The Morgan fingerprint density at radius 1 is 1.29 bits per heavy atom. The van der Waals surface area contributed by atoms with Crippen LogP contribution in [0.15, 0.2) is 45.6 Å². The quantitative estimate of drug-likeness (QED) is 0.740. The molecule has 0 saturated carbocycles. The summed E-state index contributed by atoms with van der Waals surface area (Å²) in [6, 6.07) is 10.7. The van der Waals surface area contributed by atoms with Crippen molar-refractivity contribution in [3.8, 4) is 0 Å². The SMILES string of the molecule is Cc1cc(=O)cc(C(=O)N(C)CC2CCCN(CCc3ccc(Cl)cc3)C2)o1. The van der Waals surface area contributed by atoms with Crippen molar-refractivity contribution in [2.24, 2.45) is 5.92 Å². The minimum absolute atomic E-state index is 0.114. The van der Waals surface area contributed by atoms with Crippen LogP contribution in [0.3, 0.4) is 0 Å². The van der Waals surface area contributed by atoms with Gasteiger partial charge in [-0.3, -0.25) is 9.59 Å². The monoisotopic (exact) mass is 402 g/mol. The molecule has 0 spiro atoms.